The minimum Gasteiger partial charge on any atom is -0.335 e. The fourth-order valence-corrected chi connectivity index (χ4v) is 2.19. The van der Waals surface area contributed by atoms with E-state index in [4.69, 9.17) is 0 Å². The molecule has 3 aromatic rings. The Bertz CT molecular complexity index is 849. The molecule has 0 saturated carbocycles. The standard InChI is InChI=1S/C16H12F3N5O/c17-16(18,19)14(10-4-3-6-20-9-10)22-15(25)13-8-12(23-24-13)11-5-1-2-7-21-11/h1-9,14H,(H,22,25)(H,23,24). The van der Waals surface area contributed by atoms with Crippen molar-refractivity contribution in [1.82, 2.24) is 25.5 Å². The van der Waals surface area contributed by atoms with Gasteiger partial charge in [-0.15, -0.1) is 0 Å². The summed E-state index contributed by atoms with van der Waals surface area (Å²) in [4.78, 5) is 19.9. The van der Waals surface area contributed by atoms with Crippen molar-refractivity contribution in [3.63, 3.8) is 0 Å². The highest BCUT2D eigenvalue weighted by atomic mass is 19.4. The molecule has 9 heteroatoms. The van der Waals surface area contributed by atoms with Crippen LogP contribution in [0.15, 0.2) is 55.0 Å². The quantitative estimate of drug-likeness (QED) is 0.760. The summed E-state index contributed by atoms with van der Waals surface area (Å²) in [7, 11) is 0. The van der Waals surface area contributed by atoms with Crippen LogP contribution in [0.5, 0.6) is 0 Å². The molecular formula is C16H12F3N5O. The van der Waals surface area contributed by atoms with E-state index >= 15 is 0 Å². The molecule has 0 aliphatic carbocycles. The number of carbonyl (C=O) groups is 1. The third-order valence-corrected chi connectivity index (χ3v) is 3.37. The van der Waals surface area contributed by atoms with Crippen LogP contribution in [0.3, 0.4) is 0 Å². The summed E-state index contributed by atoms with van der Waals surface area (Å²) in [6.07, 6.45) is -0.703. The van der Waals surface area contributed by atoms with Gasteiger partial charge >= 0.3 is 6.18 Å². The maximum absolute atomic E-state index is 13.3. The minimum atomic E-state index is -4.66. The van der Waals surface area contributed by atoms with E-state index in [1.807, 2.05) is 5.32 Å². The zero-order chi connectivity index (χ0) is 17.9. The first-order valence-electron chi connectivity index (χ1n) is 7.19. The molecule has 0 bridgehead atoms. The number of alkyl halides is 3. The Morgan fingerprint density at radius 1 is 1.12 bits per heavy atom. The third-order valence-electron chi connectivity index (χ3n) is 3.37. The number of aromatic nitrogens is 4. The molecule has 0 aromatic carbocycles. The van der Waals surface area contributed by atoms with Gasteiger partial charge < -0.3 is 5.32 Å². The molecule has 1 amide bonds. The predicted octanol–water partition coefficient (Wildman–Crippen LogP) is 2.90. The highest BCUT2D eigenvalue weighted by Gasteiger charge is 2.42. The van der Waals surface area contributed by atoms with Crippen LogP contribution in [0.4, 0.5) is 13.2 Å². The van der Waals surface area contributed by atoms with Crippen LogP contribution in [0.1, 0.15) is 22.1 Å². The molecule has 1 unspecified atom stereocenters. The second-order valence-electron chi connectivity index (χ2n) is 5.12. The number of halogens is 3. The van der Waals surface area contributed by atoms with Gasteiger partial charge in [0.25, 0.3) is 5.91 Å². The number of rotatable bonds is 4. The molecule has 6 nitrogen and oxygen atoms in total. The molecule has 3 rings (SSSR count). The zero-order valence-electron chi connectivity index (χ0n) is 12.7. The van der Waals surface area contributed by atoms with Crippen molar-refractivity contribution in [2.75, 3.05) is 0 Å². The van der Waals surface area contributed by atoms with E-state index < -0.39 is 18.1 Å². The van der Waals surface area contributed by atoms with Gasteiger partial charge in [0.2, 0.25) is 0 Å². The van der Waals surface area contributed by atoms with Crippen molar-refractivity contribution in [2.24, 2.45) is 0 Å². The van der Waals surface area contributed by atoms with E-state index in [0.717, 1.165) is 6.20 Å². The molecule has 0 aliphatic heterocycles. The highest BCUT2D eigenvalue weighted by Crippen LogP contribution is 2.32. The van der Waals surface area contributed by atoms with Gasteiger partial charge in [-0.2, -0.15) is 18.3 Å². The Morgan fingerprint density at radius 3 is 2.60 bits per heavy atom. The lowest BCUT2D eigenvalue weighted by molar-refractivity contribution is -0.155. The van der Waals surface area contributed by atoms with Gasteiger partial charge in [0, 0.05) is 24.2 Å². The van der Waals surface area contributed by atoms with Crippen molar-refractivity contribution in [3.8, 4) is 11.4 Å². The Balaban J connectivity index is 1.82. The second-order valence-corrected chi connectivity index (χ2v) is 5.12. The van der Waals surface area contributed by atoms with Gasteiger partial charge in [0.1, 0.15) is 11.4 Å². The smallest absolute Gasteiger partial charge is 0.335 e. The van der Waals surface area contributed by atoms with E-state index in [1.54, 1.807) is 24.4 Å². The molecule has 128 valence electrons. The van der Waals surface area contributed by atoms with Gasteiger partial charge in [0.15, 0.2) is 6.04 Å². The monoisotopic (exact) mass is 347 g/mol. The topological polar surface area (TPSA) is 83.6 Å². The van der Waals surface area contributed by atoms with Crippen molar-refractivity contribution in [3.05, 3.63) is 66.2 Å². The molecule has 1 atom stereocenters. The Hall–Kier alpha value is -3.23. The van der Waals surface area contributed by atoms with E-state index in [0.29, 0.717) is 11.4 Å². The summed E-state index contributed by atoms with van der Waals surface area (Å²) in [6.45, 7) is 0. The summed E-state index contributed by atoms with van der Waals surface area (Å²) < 4.78 is 39.8. The van der Waals surface area contributed by atoms with Crippen LogP contribution >= 0.6 is 0 Å². The fourth-order valence-electron chi connectivity index (χ4n) is 2.19. The molecule has 2 N–H and O–H groups in total. The average Bonchev–Trinajstić information content (AvgIpc) is 3.10. The van der Waals surface area contributed by atoms with E-state index in [9.17, 15) is 18.0 Å². The van der Waals surface area contributed by atoms with Crippen LogP contribution in [0.25, 0.3) is 11.4 Å². The number of aromatic amines is 1. The van der Waals surface area contributed by atoms with E-state index in [2.05, 4.69) is 20.2 Å². The molecule has 3 heterocycles. The molecule has 0 fully saturated rings. The third kappa shape index (κ3) is 3.82. The van der Waals surface area contributed by atoms with Gasteiger partial charge in [-0.3, -0.25) is 19.9 Å². The Kier molecular flexibility index (Phi) is 4.46. The summed E-state index contributed by atoms with van der Waals surface area (Å²) in [5, 5.41) is 8.29. The fraction of sp³-hybridized carbons (Fsp3) is 0.125. The molecule has 3 aromatic heterocycles. The van der Waals surface area contributed by atoms with Crippen molar-refractivity contribution >= 4 is 5.91 Å². The SMILES string of the molecule is O=C(NC(c1cccnc1)C(F)(F)F)c1cc(-c2ccccn2)n[nH]1. The molecule has 0 radical (unpaired) electrons. The first-order chi connectivity index (χ1) is 11.9. The Labute approximate surface area is 140 Å². The van der Waals surface area contributed by atoms with Crippen LogP contribution in [0, 0.1) is 0 Å². The number of hydrogen-bond donors (Lipinski definition) is 2. The maximum atomic E-state index is 13.3. The summed E-state index contributed by atoms with van der Waals surface area (Å²) in [6, 6.07) is 6.91. The van der Waals surface area contributed by atoms with Crippen LogP contribution < -0.4 is 5.32 Å². The number of nitrogens with one attached hydrogen (secondary N) is 2. The number of H-pyrrole nitrogens is 1. The molecule has 0 saturated heterocycles. The normalized spacial score (nSPS) is 12.6. The number of amides is 1. The largest absolute Gasteiger partial charge is 0.412 e. The first kappa shape index (κ1) is 16.6. The predicted molar refractivity (Wildman–Crippen MR) is 82.3 cm³/mol. The number of nitrogens with zero attached hydrogens (tertiary/aromatic N) is 3. The summed E-state index contributed by atoms with van der Waals surface area (Å²) in [5.41, 5.74) is 0.597. The van der Waals surface area contributed by atoms with Gasteiger partial charge in [-0.05, 0) is 24.3 Å². The highest BCUT2D eigenvalue weighted by molar-refractivity contribution is 5.93. The molecular weight excluding hydrogens is 335 g/mol. The van der Waals surface area contributed by atoms with Gasteiger partial charge in [0.05, 0.1) is 5.69 Å². The molecule has 0 spiro atoms. The second kappa shape index (κ2) is 6.71. The zero-order valence-corrected chi connectivity index (χ0v) is 12.7. The van der Waals surface area contributed by atoms with Crippen LogP contribution in [0.2, 0.25) is 0 Å². The average molecular weight is 347 g/mol. The van der Waals surface area contributed by atoms with Crippen molar-refractivity contribution < 1.29 is 18.0 Å². The lowest BCUT2D eigenvalue weighted by Crippen LogP contribution is -2.38. The van der Waals surface area contributed by atoms with Crippen molar-refractivity contribution in [2.45, 2.75) is 12.2 Å². The summed E-state index contributed by atoms with van der Waals surface area (Å²) in [5.74, 6) is -0.930. The molecule has 0 aliphatic rings. The minimum absolute atomic E-state index is 0.0983. The number of hydrogen-bond acceptors (Lipinski definition) is 4. The lowest BCUT2D eigenvalue weighted by Gasteiger charge is -2.21. The van der Waals surface area contributed by atoms with E-state index in [-0.39, 0.29) is 11.3 Å². The Morgan fingerprint density at radius 2 is 1.96 bits per heavy atom. The number of pyridine rings is 2. The van der Waals surface area contributed by atoms with E-state index in [1.165, 1.54) is 24.4 Å². The first-order valence-corrected chi connectivity index (χ1v) is 7.19. The van der Waals surface area contributed by atoms with Gasteiger partial charge in [-0.25, -0.2) is 0 Å². The lowest BCUT2D eigenvalue weighted by atomic mass is 10.1. The molecule has 25 heavy (non-hydrogen) atoms. The maximum Gasteiger partial charge on any atom is 0.412 e. The van der Waals surface area contributed by atoms with Crippen LogP contribution in [-0.2, 0) is 0 Å². The van der Waals surface area contributed by atoms with Gasteiger partial charge in [-0.1, -0.05) is 12.1 Å². The number of carbonyl (C=O) groups excluding carboxylic acids is 1. The van der Waals surface area contributed by atoms with Crippen LogP contribution in [-0.4, -0.2) is 32.2 Å². The van der Waals surface area contributed by atoms with Crippen molar-refractivity contribution in [1.29, 1.82) is 0 Å². The summed E-state index contributed by atoms with van der Waals surface area (Å²) >= 11 is 0.